The lowest BCUT2D eigenvalue weighted by atomic mass is 10.4. The summed E-state index contributed by atoms with van der Waals surface area (Å²) in [6, 6.07) is 0. The van der Waals surface area contributed by atoms with Crippen molar-refractivity contribution in [2.24, 2.45) is 0 Å². The number of hydrogen-bond acceptors (Lipinski definition) is 2. The van der Waals surface area contributed by atoms with Gasteiger partial charge in [-0.25, -0.2) is 8.42 Å². The van der Waals surface area contributed by atoms with E-state index in [0.29, 0.717) is 6.42 Å². The summed E-state index contributed by atoms with van der Waals surface area (Å²) in [5.74, 6) is 0.0835. The van der Waals surface area contributed by atoms with Crippen molar-refractivity contribution < 1.29 is 8.42 Å². The lowest BCUT2D eigenvalue weighted by molar-refractivity contribution is 0.606. The molecule has 0 atom stereocenters. The first kappa shape index (κ1) is 9.72. The van der Waals surface area contributed by atoms with Crippen molar-refractivity contribution >= 4 is 35.7 Å². The Morgan fingerprint density at radius 2 is 1.89 bits per heavy atom. The Morgan fingerprint density at radius 3 is 2.22 bits per heavy atom. The van der Waals surface area contributed by atoms with Gasteiger partial charge in [-0.05, 0) is 12.8 Å². The molecule has 0 saturated heterocycles. The molecule has 0 amide bonds. The first-order chi connectivity index (χ1) is 4.06. The quantitative estimate of drug-likeness (QED) is 0.422. The van der Waals surface area contributed by atoms with Gasteiger partial charge in [0.25, 0.3) is 0 Å². The van der Waals surface area contributed by atoms with E-state index in [1.54, 1.807) is 0 Å². The minimum absolute atomic E-state index is 0.0835. The van der Waals surface area contributed by atoms with Crippen LogP contribution in [0.3, 0.4) is 0 Å². The van der Waals surface area contributed by atoms with Crippen LogP contribution in [0, 0.1) is 0 Å². The molecule has 0 aliphatic rings. The molecule has 0 radical (unpaired) electrons. The Bertz CT molecular complexity index is 154. The molecule has 0 aromatic rings. The number of halogens is 2. The van der Waals surface area contributed by atoms with Crippen LogP contribution in [-0.4, -0.2) is 19.5 Å². The van der Waals surface area contributed by atoms with Crippen LogP contribution < -0.4 is 0 Å². The van der Waals surface area contributed by atoms with Gasteiger partial charge in [-0.3, -0.25) is 0 Å². The van der Waals surface area contributed by atoms with Crippen LogP contribution in [0.5, 0.6) is 0 Å². The van der Waals surface area contributed by atoms with Crippen LogP contribution >= 0.6 is 26.6 Å². The van der Waals surface area contributed by atoms with Gasteiger partial charge in [-0.1, -0.05) is 15.9 Å². The second-order valence-electron chi connectivity index (χ2n) is 1.64. The van der Waals surface area contributed by atoms with Crippen molar-refractivity contribution in [3.05, 3.63) is 0 Å². The van der Waals surface area contributed by atoms with E-state index in [9.17, 15) is 8.42 Å². The molecular formula is C4H8BrClO2S. The van der Waals surface area contributed by atoms with Crippen LogP contribution in [0.25, 0.3) is 0 Å². The summed E-state index contributed by atoms with van der Waals surface area (Å²) in [4.78, 5) is 0. The molecule has 0 rings (SSSR count). The molecule has 0 unspecified atom stereocenters. The van der Waals surface area contributed by atoms with E-state index in [1.165, 1.54) is 0 Å². The standard InChI is InChI=1S/C4H8BrClO2S/c5-3-1-2-4-9(6,7)8/h1-4H2. The van der Waals surface area contributed by atoms with Gasteiger partial charge < -0.3 is 0 Å². The number of rotatable bonds is 4. The van der Waals surface area contributed by atoms with Crippen LogP contribution in [0.15, 0.2) is 0 Å². The summed E-state index contributed by atoms with van der Waals surface area (Å²) in [6.45, 7) is 0. The molecule has 0 aromatic heterocycles. The van der Waals surface area contributed by atoms with E-state index in [0.717, 1.165) is 11.8 Å². The molecule has 0 spiro atoms. The first-order valence-corrected chi connectivity index (χ1v) is 6.14. The predicted octanol–water partition coefficient (Wildman–Crippen LogP) is 1.73. The van der Waals surface area contributed by atoms with E-state index in [4.69, 9.17) is 10.7 Å². The molecule has 56 valence electrons. The summed E-state index contributed by atoms with van der Waals surface area (Å²) >= 11 is 3.18. The third kappa shape index (κ3) is 8.72. The highest BCUT2D eigenvalue weighted by atomic mass is 79.9. The molecule has 0 heterocycles. The van der Waals surface area contributed by atoms with E-state index in [1.807, 2.05) is 0 Å². The maximum absolute atomic E-state index is 10.3. The van der Waals surface area contributed by atoms with E-state index >= 15 is 0 Å². The summed E-state index contributed by atoms with van der Waals surface area (Å²) in [5.41, 5.74) is 0. The second kappa shape index (κ2) is 4.52. The average molecular weight is 236 g/mol. The van der Waals surface area contributed by atoms with Crippen LogP contribution in [0.1, 0.15) is 12.8 Å². The van der Waals surface area contributed by atoms with Crippen molar-refractivity contribution in [1.29, 1.82) is 0 Å². The smallest absolute Gasteiger partial charge is 0.212 e. The predicted molar refractivity (Wildman–Crippen MR) is 42.7 cm³/mol. The Labute approximate surface area is 68.1 Å². The monoisotopic (exact) mass is 234 g/mol. The van der Waals surface area contributed by atoms with Crippen LogP contribution in [0.2, 0.25) is 0 Å². The highest BCUT2D eigenvalue weighted by Gasteiger charge is 2.02. The third-order valence-corrected chi connectivity index (χ3v) is 2.57. The average Bonchev–Trinajstić information content (AvgIpc) is 1.63. The van der Waals surface area contributed by atoms with E-state index in [2.05, 4.69) is 15.9 Å². The van der Waals surface area contributed by atoms with Gasteiger partial charge in [0, 0.05) is 16.0 Å². The Hall–Kier alpha value is 0.720. The molecule has 0 N–H and O–H groups in total. The zero-order chi connectivity index (χ0) is 7.33. The molecule has 0 fully saturated rings. The molecular weight excluding hydrogens is 227 g/mol. The Balaban J connectivity index is 3.30. The van der Waals surface area contributed by atoms with Crippen molar-refractivity contribution in [3.63, 3.8) is 0 Å². The molecule has 9 heavy (non-hydrogen) atoms. The highest BCUT2D eigenvalue weighted by Crippen LogP contribution is 2.02. The lowest BCUT2D eigenvalue weighted by Crippen LogP contribution is -1.96. The van der Waals surface area contributed by atoms with E-state index in [-0.39, 0.29) is 5.75 Å². The third-order valence-electron chi connectivity index (χ3n) is 0.772. The van der Waals surface area contributed by atoms with Crippen molar-refractivity contribution in [3.8, 4) is 0 Å². The molecule has 2 nitrogen and oxygen atoms in total. The van der Waals surface area contributed by atoms with E-state index < -0.39 is 9.05 Å². The minimum atomic E-state index is -3.24. The maximum atomic E-state index is 10.3. The molecule has 0 aromatic carbocycles. The van der Waals surface area contributed by atoms with Crippen molar-refractivity contribution in [2.45, 2.75) is 12.8 Å². The molecule has 5 heteroatoms. The highest BCUT2D eigenvalue weighted by molar-refractivity contribution is 9.09. The fraction of sp³-hybridized carbons (Fsp3) is 1.00. The number of unbranched alkanes of at least 4 members (excludes halogenated alkanes) is 1. The largest absolute Gasteiger partial charge is 0.232 e. The van der Waals surface area contributed by atoms with Crippen LogP contribution in [-0.2, 0) is 9.05 Å². The first-order valence-electron chi connectivity index (χ1n) is 2.54. The summed E-state index contributed by atoms with van der Waals surface area (Å²) in [5, 5.41) is 0.833. The Kier molecular flexibility index (Phi) is 4.88. The molecule has 0 aliphatic heterocycles. The van der Waals surface area contributed by atoms with Gasteiger partial charge in [-0.2, -0.15) is 0 Å². The summed E-state index contributed by atoms with van der Waals surface area (Å²) in [6.07, 6.45) is 1.49. The fourth-order valence-corrected chi connectivity index (χ4v) is 1.64. The fourth-order valence-electron chi connectivity index (χ4n) is 0.369. The normalized spacial score (nSPS) is 11.8. The topological polar surface area (TPSA) is 34.1 Å². The minimum Gasteiger partial charge on any atom is -0.212 e. The Morgan fingerprint density at radius 1 is 1.33 bits per heavy atom. The van der Waals surface area contributed by atoms with Crippen molar-refractivity contribution in [2.75, 3.05) is 11.1 Å². The van der Waals surface area contributed by atoms with Gasteiger partial charge >= 0.3 is 0 Å². The number of hydrogen-bond donors (Lipinski definition) is 0. The van der Waals surface area contributed by atoms with Gasteiger partial charge in [0.2, 0.25) is 9.05 Å². The summed E-state index contributed by atoms with van der Waals surface area (Å²) < 4.78 is 20.5. The molecule has 0 aliphatic carbocycles. The van der Waals surface area contributed by atoms with Gasteiger partial charge in [0.1, 0.15) is 0 Å². The van der Waals surface area contributed by atoms with Crippen LogP contribution in [0.4, 0.5) is 0 Å². The second-order valence-corrected chi connectivity index (χ2v) is 5.33. The van der Waals surface area contributed by atoms with Gasteiger partial charge in [0.05, 0.1) is 5.75 Å². The molecule has 0 saturated carbocycles. The molecule has 0 bridgehead atoms. The zero-order valence-corrected chi connectivity index (χ0v) is 7.97. The van der Waals surface area contributed by atoms with Crippen molar-refractivity contribution in [1.82, 2.24) is 0 Å². The SMILES string of the molecule is O=S(=O)(Cl)CCCCBr. The van der Waals surface area contributed by atoms with Gasteiger partial charge in [-0.15, -0.1) is 0 Å². The number of alkyl halides is 1. The lowest BCUT2D eigenvalue weighted by Gasteiger charge is -1.91. The zero-order valence-electron chi connectivity index (χ0n) is 4.81. The summed E-state index contributed by atoms with van der Waals surface area (Å²) in [7, 11) is 1.68. The maximum Gasteiger partial charge on any atom is 0.232 e. The van der Waals surface area contributed by atoms with Gasteiger partial charge in [0.15, 0.2) is 0 Å².